The van der Waals surface area contributed by atoms with Gasteiger partial charge in [0.15, 0.2) is 0 Å². The molecule has 0 aromatic heterocycles. The highest BCUT2D eigenvalue weighted by atomic mass is 79.9. The summed E-state index contributed by atoms with van der Waals surface area (Å²) in [4.78, 5) is 22.0. The molecule has 1 amide bonds. The average molecular weight is 364 g/mol. The minimum absolute atomic E-state index is 0.0580. The molecule has 0 radical (unpaired) electrons. The van der Waals surface area contributed by atoms with Gasteiger partial charge >= 0.3 is 0 Å². The summed E-state index contributed by atoms with van der Waals surface area (Å²) in [6.07, 6.45) is 0. The Morgan fingerprint density at radius 1 is 1.57 bits per heavy atom. The van der Waals surface area contributed by atoms with Crippen LogP contribution < -0.4 is 10.6 Å². The Labute approximate surface area is 129 Å². The van der Waals surface area contributed by atoms with E-state index in [2.05, 4.69) is 26.6 Å². The summed E-state index contributed by atoms with van der Waals surface area (Å²) in [5, 5.41) is 16.2. The largest absolute Gasteiger partial charge is 0.383 e. The summed E-state index contributed by atoms with van der Waals surface area (Å²) >= 11 is 2.95. The van der Waals surface area contributed by atoms with E-state index < -0.39 is 22.5 Å². The molecule has 21 heavy (non-hydrogen) atoms. The van der Waals surface area contributed by atoms with Gasteiger partial charge in [-0.05, 0) is 28.9 Å². The average Bonchev–Trinajstić information content (AvgIpc) is 2.42. The number of amides is 1. The van der Waals surface area contributed by atoms with Crippen molar-refractivity contribution in [3.05, 3.63) is 32.5 Å². The number of carbonyl (C=O) groups excluding carboxylic acids is 1. The van der Waals surface area contributed by atoms with Crippen LogP contribution in [-0.2, 0) is 9.53 Å². The molecular weight excluding hydrogens is 349 g/mol. The van der Waals surface area contributed by atoms with Crippen LogP contribution >= 0.6 is 15.9 Å². The Hall–Kier alpha value is -1.74. The van der Waals surface area contributed by atoms with Crippen LogP contribution in [-0.4, -0.2) is 37.1 Å². The first-order chi connectivity index (χ1) is 9.86. The van der Waals surface area contributed by atoms with E-state index in [0.29, 0.717) is 13.2 Å². The van der Waals surface area contributed by atoms with E-state index in [4.69, 9.17) is 4.74 Å². The number of anilines is 1. The third kappa shape index (κ3) is 4.94. The molecule has 1 rings (SSSR count). The molecule has 0 saturated heterocycles. The van der Waals surface area contributed by atoms with Crippen LogP contribution in [0.4, 0.5) is 15.8 Å². The highest BCUT2D eigenvalue weighted by Gasteiger charge is 2.21. The zero-order chi connectivity index (χ0) is 16.0. The van der Waals surface area contributed by atoms with E-state index in [0.717, 1.165) is 6.07 Å². The predicted octanol–water partition coefficient (Wildman–Crippen LogP) is 2.06. The molecule has 1 aromatic carbocycles. The first-order valence-electron chi connectivity index (χ1n) is 6.03. The van der Waals surface area contributed by atoms with Gasteiger partial charge in [0, 0.05) is 13.7 Å². The number of nitro groups is 1. The summed E-state index contributed by atoms with van der Waals surface area (Å²) < 4.78 is 18.2. The molecule has 0 saturated carbocycles. The van der Waals surface area contributed by atoms with Gasteiger partial charge in [0.25, 0.3) is 5.69 Å². The fourth-order valence-electron chi connectivity index (χ4n) is 1.53. The summed E-state index contributed by atoms with van der Waals surface area (Å²) in [7, 11) is 1.51. The quantitative estimate of drug-likeness (QED) is 0.439. The molecule has 2 N–H and O–H groups in total. The lowest BCUT2D eigenvalue weighted by Crippen LogP contribution is -2.39. The molecule has 0 aliphatic rings. The van der Waals surface area contributed by atoms with Gasteiger partial charge in [-0.2, -0.15) is 0 Å². The van der Waals surface area contributed by atoms with Crippen molar-refractivity contribution in [2.24, 2.45) is 0 Å². The maximum Gasteiger partial charge on any atom is 0.295 e. The lowest BCUT2D eigenvalue weighted by Gasteiger charge is -2.15. The monoisotopic (exact) mass is 363 g/mol. The van der Waals surface area contributed by atoms with E-state index in [1.165, 1.54) is 13.2 Å². The fourth-order valence-corrected chi connectivity index (χ4v) is 1.87. The van der Waals surface area contributed by atoms with Gasteiger partial charge in [0.05, 0.1) is 22.1 Å². The molecule has 7 nitrogen and oxygen atoms in total. The van der Waals surface area contributed by atoms with Crippen LogP contribution in [0.2, 0.25) is 0 Å². The second-order valence-corrected chi connectivity index (χ2v) is 5.04. The van der Waals surface area contributed by atoms with Gasteiger partial charge in [-0.3, -0.25) is 14.9 Å². The van der Waals surface area contributed by atoms with E-state index in [1.807, 2.05) is 0 Å². The zero-order valence-corrected chi connectivity index (χ0v) is 13.1. The number of ether oxygens (including phenoxy) is 1. The molecule has 0 aliphatic carbocycles. The van der Waals surface area contributed by atoms with Crippen molar-refractivity contribution in [1.29, 1.82) is 0 Å². The second kappa shape index (κ2) is 7.89. The molecule has 1 atom stereocenters. The number of nitrogens with one attached hydrogen (secondary N) is 2. The van der Waals surface area contributed by atoms with E-state index >= 15 is 0 Å². The number of rotatable bonds is 7. The smallest absolute Gasteiger partial charge is 0.295 e. The molecular formula is C12H15BrFN3O4. The highest BCUT2D eigenvalue weighted by molar-refractivity contribution is 9.10. The van der Waals surface area contributed by atoms with Crippen molar-refractivity contribution in [3.63, 3.8) is 0 Å². The number of nitrogens with zero attached hydrogens (tertiary/aromatic N) is 1. The van der Waals surface area contributed by atoms with Crippen molar-refractivity contribution >= 4 is 33.2 Å². The molecule has 9 heteroatoms. The Morgan fingerprint density at radius 2 is 2.24 bits per heavy atom. The maximum atomic E-state index is 13.3. The number of hydrogen-bond acceptors (Lipinski definition) is 5. The third-order valence-electron chi connectivity index (χ3n) is 2.61. The molecule has 1 unspecified atom stereocenters. The van der Waals surface area contributed by atoms with Crippen molar-refractivity contribution in [1.82, 2.24) is 5.32 Å². The Kier molecular flexibility index (Phi) is 6.50. The third-order valence-corrected chi connectivity index (χ3v) is 3.21. The van der Waals surface area contributed by atoms with Crippen LogP contribution in [0, 0.1) is 15.9 Å². The predicted molar refractivity (Wildman–Crippen MR) is 78.7 cm³/mol. The van der Waals surface area contributed by atoms with Crippen molar-refractivity contribution in [3.8, 4) is 0 Å². The van der Waals surface area contributed by atoms with E-state index in [1.54, 1.807) is 6.92 Å². The molecule has 0 heterocycles. The van der Waals surface area contributed by atoms with Gasteiger partial charge in [-0.15, -0.1) is 0 Å². The number of nitro benzene ring substituents is 1. The maximum absolute atomic E-state index is 13.3. The summed E-state index contributed by atoms with van der Waals surface area (Å²) in [5.74, 6) is -1.09. The van der Waals surface area contributed by atoms with Crippen LogP contribution in [0.3, 0.4) is 0 Å². The van der Waals surface area contributed by atoms with Gasteiger partial charge in [-0.1, -0.05) is 0 Å². The summed E-state index contributed by atoms with van der Waals surface area (Å²) in [6.45, 7) is 2.24. The Morgan fingerprint density at radius 3 is 2.81 bits per heavy atom. The summed E-state index contributed by atoms with van der Waals surface area (Å²) in [6, 6.07) is 1.30. The van der Waals surface area contributed by atoms with Gasteiger partial charge < -0.3 is 15.4 Å². The lowest BCUT2D eigenvalue weighted by molar-refractivity contribution is -0.384. The molecule has 0 fully saturated rings. The van der Waals surface area contributed by atoms with Crippen LogP contribution in [0.5, 0.6) is 0 Å². The molecule has 0 bridgehead atoms. The molecule has 0 aliphatic heterocycles. The van der Waals surface area contributed by atoms with Crippen LogP contribution in [0.15, 0.2) is 16.6 Å². The van der Waals surface area contributed by atoms with Gasteiger partial charge in [0.1, 0.15) is 17.5 Å². The normalized spacial score (nSPS) is 11.8. The number of carbonyl (C=O) groups is 1. The molecule has 116 valence electrons. The van der Waals surface area contributed by atoms with Gasteiger partial charge in [0.2, 0.25) is 5.91 Å². The fraction of sp³-hybridized carbons (Fsp3) is 0.417. The second-order valence-electron chi connectivity index (χ2n) is 4.19. The Balaban J connectivity index is 2.84. The van der Waals surface area contributed by atoms with Crippen molar-refractivity contribution in [2.75, 3.05) is 25.6 Å². The first kappa shape index (κ1) is 17.3. The van der Waals surface area contributed by atoms with Crippen molar-refractivity contribution < 1.29 is 18.8 Å². The first-order valence-corrected chi connectivity index (χ1v) is 6.82. The number of hydrogen-bond donors (Lipinski definition) is 2. The van der Waals surface area contributed by atoms with E-state index in [9.17, 15) is 19.3 Å². The Bertz CT molecular complexity index is 541. The van der Waals surface area contributed by atoms with Gasteiger partial charge in [-0.25, -0.2) is 4.39 Å². The number of benzene rings is 1. The SMILES string of the molecule is COCCNC(=O)C(C)Nc1cc(Br)c(F)cc1[N+](=O)[O-]. The summed E-state index contributed by atoms with van der Waals surface area (Å²) in [5.41, 5.74) is -0.380. The number of methoxy groups -OCH3 is 1. The van der Waals surface area contributed by atoms with Crippen LogP contribution in [0.25, 0.3) is 0 Å². The van der Waals surface area contributed by atoms with Crippen molar-refractivity contribution in [2.45, 2.75) is 13.0 Å². The standard InChI is InChI=1S/C12H15BrFN3O4/c1-7(12(18)15-3-4-21-2)16-10-5-8(13)9(14)6-11(10)17(19)20/h5-7,16H,3-4H2,1-2H3,(H,15,18). The van der Waals surface area contributed by atoms with Crippen LogP contribution in [0.1, 0.15) is 6.92 Å². The minimum atomic E-state index is -0.746. The zero-order valence-electron chi connectivity index (χ0n) is 11.5. The minimum Gasteiger partial charge on any atom is -0.383 e. The topological polar surface area (TPSA) is 93.5 Å². The van der Waals surface area contributed by atoms with E-state index in [-0.39, 0.29) is 16.1 Å². The molecule has 1 aromatic rings. The highest BCUT2D eigenvalue weighted by Crippen LogP contribution is 2.30. The lowest BCUT2D eigenvalue weighted by atomic mass is 10.2. The molecule has 0 spiro atoms. The number of halogens is 2.